The molecule has 0 spiro atoms. The Labute approximate surface area is 173 Å². The molecule has 0 aliphatic carbocycles. The summed E-state index contributed by atoms with van der Waals surface area (Å²) in [7, 11) is 0. The minimum Gasteiger partial charge on any atom is -0.342 e. The van der Waals surface area contributed by atoms with Crippen LogP contribution in [0.1, 0.15) is 5.82 Å². The molecule has 2 N–H and O–H groups in total. The van der Waals surface area contributed by atoms with Crippen molar-refractivity contribution < 1.29 is 0 Å². The number of hydrogen-bond donors (Lipinski definition) is 2. The minimum absolute atomic E-state index is 0.928. The summed E-state index contributed by atoms with van der Waals surface area (Å²) in [4.78, 5) is 15.5. The van der Waals surface area contributed by atoms with Crippen LogP contribution in [0.5, 0.6) is 0 Å². The van der Waals surface area contributed by atoms with E-state index in [9.17, 15) is 0 Å². The molecule has 0 unspecified atom stereocenters. The lowest BCUT2D eigenvalue weighted by atomic mass is 9.99. The summed E-state index contributed by atoms with van der Waals surface area (Å²) in [5, 5.41) is 0.946. The fourth-order valence-electron chi connectivity index (χ4n) is 3.53. The van der Waals surface area contributed by atoms with Crippen LogP contribution in [0, 0.1) is 6.92 Å². The molecule has 2 aromatic heterocycles. The van der Waals surface area contributed by atoms with Crippen molar-refractivity contribution in [1.29, 1.82) is 0 Å². The minimum atomic E-state index is 0.928. The Morgan fingerprint density at radius 1 is 0.724 bits per heavy atom. The van der Waals surface area contributed by atoms with Crippen molar-refractivity contribution in [1.82, 2.24) is 19.9 Å². The fourth-order valence-corrected chi connectivity index (χ4v) is 3.93. The molecule has 0 bridgehead atoms. The first-order valence-electron chi connectivity index (χ1n) is 9.46. The normalized spacial score (nSPS) is 11.2. The smallest absolute Gasteiger partial charge is 0.166 e. The van der Waals surface area contributed by atoms with E-state index >= 15 is 0 Å². The second-order valence-electron chi connectivity index (χ2n) is 7.01. The predicted molar refractivity (Wildman–Crippen MR) is 121 cm³/mol. The van der Waals surface area contributed by atoms with Crippen molar-refractivity contribution in [2.75, 3.05) is 6.26 Å². The molecule has 0 saturated carbocycles. The van der Waals surface area contributed by atoms with Crippen molar-refractivity contribution in [3.8, 4) is 33.5 Å². The van der Waals surface area contributed by atoms with Gasteiger partial charge in [0.15, 0.2) is 5.16 Å². The van der Waals surface area contributed by atoms with Crippen LogP contribution in [0.4, 0.5) is 0 Å². The number of aromatic nitrogens is 4. The Kier molecular flexibility index (Phi) is 4.45. The van der Waals surface area contributed by atoms with Gasteiger partial charge in [-0.05, 0) is 53.1 Å². The van der Waals surface area contributed by atoms with Gasteiger partial charge in [0.1, 0.15) is 5.82 Å². The van der Waals surface area contributed by atoms with Crippen LogP contribution in [-0.4, -0.2) is 26.2 Å². The van der Waals surface area contributed by atoms with E-state index in [2.05, 4.69) is 86.7 Å². The van der Waals surface area contributed by atoms with Crippen LogP contribution in [0.2, 0.25) is 0 Å². The zero-order valence-corrected chi connectivity index (χ0v) is 17.0. The van der Waals surface area contributed by atoms with Gasteiger partial charge >= 0.3 is 0 Å². The topological polar surface area (TPSA) is 57.4 Å². The third-order valence-corrected chi connectivity index (χ3v) is 5.68. The second kappa shape index (κ2) is 7.26. The predicted octanol–water partition coefficient (Wildman–Crippen LogP) is 6.32. The Hall–Kier alpha value is -3.31. The molecule has 0 amide bonds. The van der Waals surface area contributed by atoms with Crippen molar-refractivity contribution in [2.45, 2.75) is 12.1 Å². The van der Waals surface area contributed by atoms with Gasteiger partial charge in [-0.25, -0.2) is 9.97 Å². The molecule has 0 aliphatic rings. The van der Waals surface area contributed by atoms with Crippen LogP contribution in [0.3, 0.4) is 0 Å². The number of hydrogen-bond acceptors (Lipinski definition) is 3. The summed E-state index contributed by atoms with van der Waals surface area (Å²) in [5.41, 5.74) is 9.04. The lowest BCUT2D eigenvalue weighted by molar-refractivity contribution is 1.09. The molecule has 0 saturated heterocycles. The van der Waals surface area contributed by atoms with Gasteiger partial charge in [0.25, 0.3) is 0 Å². The maximum Gasteiger partial charge on any atom is 0.166 e. The van der Waals surface area contributed by atoms with Crippen molar-refractivity contribution in [3.05, 3.63) is 78.8 Å². The first-order valence-corrected chi connectivity index (χ1v) is 10.7. The average molecular weight is 397 g/mol. The van der Waals surface area contributed by atoms with Crippen LogP contribution in [-0.2, 0) is 0 Å². The first-order chi connectivity index (χ1) is 14.2. The number of nitrogens with one attached hydrogen (secondary N) is 2. The number of aryl methyl sites for hydroxylation is 1. The number of aromatic amines is 2. The summed E-state index contributed by atoms with van der Waals surface area (Å²) in [5.74, 6) is 0.928. The molecule has 5 rings (SSSR count). The molecule has 2 heterocycles. The summed E-state index contributed by atoms with van der Waals surface area (Å²) in [6.07, 6.45) is 3.90. The van der Waals surface area contributed by atoms with Gasteiger partial charge in [-0.1, -0.05) is 66.4 Å². The first kappa shape index (κ1) is 17.8. The molecule has 0 atom stereocenters. The van der Waals surface area contributed by atoms with Crippen LogP contribution < -0.4 is 0 Å². The largest absolute Gasteiger partial charge is 0.342 e. The van der Waals surface area contributed by atoms with Crippen molar-refractivity contribution in [3.63, 3.8) is 0 Å². The standard InChI is InChI=1S/C24H20N4S/c1-15-25-14-23(26-15)19-9-7-17(8-10-19)16-3-5-18(6-4-16)20-11-12-21-22(13-20)28-24(27-21)29-2/h3-14H,1-2H3,(H,25,26)(H,27,28). The van der Waals surface area contributed by atoms with Crippen LogP contribution >= 0.6 is 11.8 Å². The Balaban J connectivity index is 1.41. The zero-order valence-electron chi connectivity index (χ0n) is 16.2. The summed E-state index contributed by atoms with van der Waals surface area (Å²) in [6, 6.07) is 23.6. The fraction of sp³-hybridized carbons (Fsp3) is 0.0833. The molecule has 0 fully saturated rings. The van der Waals surface area contributed by atoms with Gasteiger partial charge in [0.05, 0.1) is 22.9 Å². The number of rotatable bonds is 4. The molecule has 142 valence electrons. The van der Waals surface area contributed by atoms with E-state index in [-0.39, 0.29) is 0 Å². The lowest BCUT2D eigenvalue weighted by Gasteiger charge is -2.06. The number of nitrogens with zero attached hydrogens (tertiary/aromatic N) is 2. The van der Waals surface area contributed by atoms with Crippen LogP contribution in [0.25, 0.3) is 44.5 Å². The Morgan fingerprint density at radius 3 is 1.90 bits per heavy atom. The molecule has 3 aromatic carbocycles. The summed E-state index contributed by atoms with van der Waals surface area (Å²) in [6.45, 7) is 1.96. The van der Waals surface area contributed by atoms with E-state index in [4.69, 9.17) is 0 Å². The number of benzene rings is 3. The molecule has 4 nitrogen and oxygen atoms in total. The summed E-state index contributed by atoms with van der Waals surface area (Å²) >= 11 is 1.62. The average Bonchev–Trinajstić information content (AvgIpc) is 3.39. The van der Waals surface area contributed by atoms with Gasteiger partial charge in [0, 0.05) is 0 Å². The maximum absolute atomic E-state index is 4.55. The van der Waals surface area contributed by atoms with E-state index in [0.29, 0.717) is 0 Å². The quantitative estimate of drug-likeness (QED) is 0.350. The van der Waals surface area contributed by atoms with Gasteiger partial charge in [0.2, 0.25) is 0 Å². The van der Waals surface area contributed by atoms with Crippen molar-refractivity contribution >= 4 is 22.8 Å². The van der Waals surface area contributed by atoms with E-state index in [1.807, 2.05) is 19.4 Å². The molecular formula is C24H20N4S. The van der Waals surface area contributed by atoms with Crippen molar-refractivity contribution in [2.24, 2.45) is 0 Å². The lowest BCUT2D eigenvalue weighted by Crippen LogP contribution is -1.82. The highest BCUT2D eigenvalue weighted by molar-refractivity contribution is 7.98. The highest BCUT2D eigenvalue weighted by Gasteiger charge is 2.06. The van der Waals surface area contributed by atoms with Gasteiger partial charge < -0.3 is 9.97 Å². The molecule has 5 aromatic rings. The molecular weight excluding hydrogens is 376 g/mol. The molecule has 0 aliphatic heterocycles. The van der Waals surface area contributed by atoms with E-state index < -0.39 is 0 Å². The highest BCUT2D eigenvalue weighted by Crippen LogP contribution is 2.29. The second-order valence-corrected chi connectivity index (χ2v) is 7.81. The molecule has 29 heavy (non-hydrogen) atoms. The van der Waals surface area contributed by atoms with E-state index in [0.717, 1.165) is 33.3 Å². The third kappa shape index (κ3) is 3.45. The highest BCUT2D eigenvalue weighted by atomic mass is 32.2. The van der Waals surface area contributed by atoms with E-state index in [1.165, 1.54) is 22.3 Å². The molecule has 0 radical (unpaired) electrons. The van der Waals surface area contributed by atoms with Gasteiger partial charge in [-0.2, -0.15) is 0 Å². The third-order valence-electron chi connectivity index (χ3n) is 5.10. The van der Waals surface area contributed by atoms with Gasteiger partial charge in [-0.15, -0.1) is 0 Å². The monoisotopic (exact) mass is 396 g/mol. The number of thioether (sulfide) groups is 1. The SMILES string of the molecule is CSc1nc2ccc(-c3ccc(-c4ccc(-c5cnc(C)[nH]5)cc4)cc3)cc2[nH]1. The summed E-state index contributed by atoms with van der Waals surface area (Å²) < 4.78 is 0. The number of imidazole rings is 2. The number of H-pyrrole nitrogens is 2. The zero-order chi connectivity index (χ0) is 19.8. The maximum atomic E-state index is 4.55. The molecule has 5 heteroatoms. The Morgan fingerprint density at radius 2 is 1.31 bits per heavy atom. The number of fused-ring (bicyclic) bond motifs is 1. The van der Waals surface area contributed by atoms with Crippen LogP contribution in [0.15, 0.2) is 78.1 Å². The van der Waals surface area contributed by atoms with E-state index in [1.54, 1.807) is 11.8 Å². The van der Waals surface area contributed by atoms with Gasteiger partial charge in [-0.3, -0.25) is 0 Å². The Bertz CT molecular complexity index is 1280.